The average Bonchev–Trinajstić information content (AvgIpc) is 2.07. The second-order valence-electron chi connectivity index (χ2n) is 2.21. The molecule has 2 nitrogen and oxygen atoms in total. The van der Waals surface area contributed by atoms with E-state index >= 15 is 0 Å². The number of hydrogen-bond donors (Lipinski definition) is 0. The fraction of sp³-hybridized carbons (Fsp3) is 0.125. The van der Waals surface area contributed by atoms with E-state index in [-0.39, 0.29) is 5.15 Å². The molecule has 0 spiro atoms. The van der Waals surface area contributed by atoms with Crippen molar-refractivity contribution in [2.45, 2.75) is 6.92 Å². The van der Waals surface area contributed by atoms with Gasteiger partial charge in [-0.2, -0.15) is 0 Å². The largest absolute Gasteiger partial charge is 0.241 e. The highest BCUT2D eigenvalue weighted by Gasteiger charge is 2.07. The molecule has 1 heterocycles. The molecule has 12 heavy (non-hydrogen) atoms. The molecule has 0 aliphatic rings. The normalized spacial score (nSPS) is 9.25. The molecule has 0 aliphatic carbocycles. The van der Waals surface area contributed by atoms with Crippen molar-refractivity contribution in [3.05, 3.63) is 28.3 Å². The van der Waals surface area contributed by atoms with E-state index < -0.39 is 5.82 Å². The molecule has 4 heteroatoms. The molecule has 0 radical (unpaired) electrons. The van der Waals surface area contributed by atoms with Crippen LogP contribution in [0.25, 0.3) is 6.08 Å². The lowest BCUT2D eigenvalue weighted by Crippen LogP contribution is -1.91. The Hall–Kier alpha value is -1.18. The van der Waals surface area contributed by atoms with Gasteiger partial charge in [-0.1, -0.05) is 11.6 Å². The predicted molar refractivity (Wildman–Crippen MR) is 44.1 cm³/mol. The zero-order valence-electron chi connectivity index (χ0n) is 6.27. The van der Waals surface area contributed by atoms with Crippen LogP contribution in [0.2, 0.25) is 5.15 Å². The van der Waals surface area contributed by atoms with Gasteiger partial charge in [0, 0.05) is 17.8 Å². The van der Waals surface area contributed by atoms with Crippen LogP contribution in [0.15, 0.2) is 6.20 Å². The van der Waals surface area contributed by atoms with Crippen LogP contribution in [-0.4, -0.2) is 10.9 Å². The van der Waals surface area contributed by atoms with Gasteiger partial charge in [0.05, 0.1) is 0 Å². The van der Waals surface area contributed by atoms with Crippen LogP contribution in [0.5, 0.6) is 0 Å². The molecule has 0 N–H and O–H groups in total. The molecular weight excluding hydrogens is 181 g/mol. The lowest BCUT2D eigenvalue weighted by atomic mass is 10.1. The van der Waals surface area contributed by atoms with E-state index in [1.165, 1.54) is 13.1 Å². The number of pyridine rings is 1. The summed E-state index contributed by atoms with van der Waals surface area (Å²) in [5.74, 6) is 0.950. The Kier molecular flexibility index (Phi) is 2.58. The third-order valence-electron chi connectivity index (χ3n) is 1.47. The Labute approximate surface area is 73.7 Å². The molecule has 0 unspecified atom stereocenters. The van der Waals surface area contributed by atoms with Gasteiger partial charge in [0.2, 0.25) is 0 Å². The number of hydrogen-bond acceptors (Lipinski definition) is 2. The highest BCUT2D eigenvalue weighted by atomic mass is 35.5. The number of aromatic nitrogens is 1. The molecule has 0 aliphatic heterocycles. The topological polar surface area (TPSA) is 30.0 Å². The van der Waals surface area contributed by atoms with Gasteiger partial charge in [-0.3, -0.25) is 0 Å². The third-order valence-corrected chi connectivity index (χ3v) is 1.74. The smallest absolute Gasteiger partial charge is 0.165 e. The average molecular weight is 186 g/mol. The van der Waals surface area contributed by atoms with Crippen molar-refractivity contribution < 1.29 is 9.18 Å². The summed E-state index contributed by atoms with van der Waals surface area (Å²) in [6.45, 7) is 1.52. The second-order valence-corrected chi connectivity index (χ2v) is 2.56. The van der Waals surface area contributed by atoms with Crippen molar-refractivity contribution in [2.24, 2.45) is 0 Å². The first kappa shape index (κ1) is 8.91. The van der Waals surface area contributed by atoms with Crippen molar-refractivity contribution in [1.82, 2.24) is 4.98 Å². The summed E-state index contributed by atoms with van der Waals surface area (Å²) in [5.41, 5.74) is 0.699. The van der Waals surface area contributed by atoms with Crippen LogP contribution in [0, 0.1) is 12.7 Å². The Morgan fingerprint density at radius 3 is 3.00 bits per heavy atom. The molecule has 62 valence electrons. The molecule has 1 aromatic heterocycles. The highest BCUT2D eigenvalue weighted by Crippen LogP contribution is 2.18. The molecule has 0 bridgehead atoms. The van der Waals surface area contributed by atoms with E-state index in [0.717, 1.165) is 6.08 Å². The summed E-state index contributed by atoms with van der Waals surface area (Å²) in [6, 6.07) is 0. The molecular formula is C8H5ClFNO. The van der Waals surface area contributed by atoms with Crippen molar-refractivity contribution in [3.8, 4) is 0 Å². The molecule has 1 aromatic rings. The quantitative estimate of drug-likeness (QED) is 0.495. The van der Waals surface area contributed by atoms with Gasteiger partial charge in [-0.05, 0) is 12.5 Å². The van der Waals surface area contributed by atoms with Gasteiger partial charge < -0.3 is 0 Å². The van der Waals surface area contributed by atoms with Crippen LogP contribution in [0.1, 0.15) is 11.1 Å². The van der Waals surface area contributed by atoms with Crippen molar-refractivity contribution >= 4 is 23.6 Å². The summed E-state index contributed by atoms with van der Waals surface area (Å²) in [4.78, 5) is 13.5. The fourth-order valence-corrected chi connectivity index (χ4v) is 0.961. The summed E-state index contributed by atoms with van der Waals surface area (Å²) in [6.07, 6.45) is 2.44. The first-order chi connectivity index (χ1) is 5.66. The molecule has 0 saturated carbocycles. The maximum absolute atomic E-state index is 13.0. The Morgan fingerprint density at radius 1 is 1.75 bits per heavy atom. The van der Waals surface area contributed by atoms with Crippen LogP contribution < -0.4 is 0 Å². The summed E-state index contributed by atoms with van der Waals surface area (Å²) >= 11 is 5.39. The number of carbonyl (C=O) groups excluding carboxylic acids is 1. The minimum absolute atomic E-state index is 0.185. The first-order valence-corrected chi connectivity index (χ1v) is 3.56. The Bertz CT molecular complexity index is 358. The van der Waals surface area contributed by atoms with E-state index in [2.05, 4.69) is 4.98 Å². The lowest BCUT2D eigenvalue weighted by molar-refractivity contribution is 0.570. The molecule has 0 aromatic carbocycles. The molecule has 0 amide bonds. The van der Waals surface area contributed by atoms with Gasteiger partial charge in [-0.15, -0.1) is 0 Å². The standard InChI is InChI=1S/C8H5ClFNO/c1-5-6(2-3-12)4-11-8(9)7(5)10/h2,4H,1H3. The molecule has 0 saturated heterocycles. The van der Waals surface area contributed by atoms with Crippen molar-refractivity contribution in [2.75, 3.05) is 0 Å². The minimum atomic E-state index is -0.597. The van der Waals surface area contributed by atoms with E-state index in [1.807, 2.05) is 0 Å². The monoisotopic (exact) mass is 185 g/mol. The molecule has 1 rings (SSSR count). The third kappa shape index (κ3) is 1.52. The number of halogens is 2. The van der Waals surface area contributed by atoms with Crippen LogP contribution >= 0.6 is 11.6 Å². The van der Waals surface area contributed by atoms with Gasteiger partial charge in [0.1, 0.15) is 5.94 Å². The summed E-state index contributed by atoms with van der Waals surface area (Å²) < 4.78 is 13.0. The molecule has 0 atom stereocenters. The molecule has 0 fully saturated rings. The zero-order chi connectivity index (χ0) is 9.14. The number of rotatable bonds is 1. The van der Waals surface area contributed by atoms with Gasteiger partial charge >= 0.3 is 0 Å². The van der Waals surface area contributed by atoms with E-state index in [0.29, 0.717) is 11.1 Å². The zero-order valence-corrected chi connectivity index (χ0v) is 7.02. The second kappa shape index (κ2) is 3.48. The summed E-state index contributed by atoms with van der Waals surface area (Å²) in [5, 5.41) is -0.185. The highest BCUT2D eigenvalue weighted by molar-refractivity contribution is 6.29. The Morgan fingerprint density at radius 2 is 2.42 bits per heavy atom. The maximum atomic E-state index is 13.0. The van der Waals surface area contributed by atoms with E-state index in [1.54, 1.807) is 5.94 Å². The van der Waals surface area contributed by atoms with Gasteiger partial charge in [-0.25, -0.2) is 14.2 Å². The predicted octanol–water partition coefficient (Wildman–Crippen LogP) is 2.03. The summed E-state index contributed by atoms with van der Waals surface area (Å²) in [7, 11) is 0. The maximum Gasteiger partial charge on any atom is 0.165 e. The van der Waals surface area contributed by atoms with Gasteiger partial charge in [0.25, 0.3) is 0 Å². The van der Waals surface area contributed by atoms with Crippen LogP contribution in [-0.2, 0) is 4.79 Å². The Balaban J connectivity index is 3.35. The van der Waals surface area contributed by atoms with E-state index in [4.69, 9.17) is 11.6 Å². The first-order valence-electron chi connectivity index (χ1n) is 3.18. The van der Waals surface area contributed by atoms with Gasteiger partial charge in [0.15, 0.2) is 11.0 Å². The lowest BCUT2D eigenvalue weighted by Gasteiger charge is -2.00. The van der Waals surface area contributed by atoms with Crippen LogP contribution in [0.3, 0.4) is 0 Å². The minimum Gasteiger partial charge on any atom is -0.241 e. The van der Waals surface area contributed by atoms with E-state index in [9.17, 15) is 9.18 Å². The SMILES string of the molecule is Cc1c(C=C=O)cnc(Cl)c1F. The van der Waals surface area contributed by atoms with Crippen molar-refractivity contribution in [1.29, 1.82) is 0 Å². The van der Waals surface area contributed by atoms with Crippen molar-refractivity contribution in [3.63, 3.8) is 0 Å². The number of nitrogens with zero attached hydrogens (tertiary/aromatic N) is 1. The van der Waals surface area contributed by atoms with Crippen LogP contribution in [0.4, 0.5) is 4.39 Å². The fourth-order valence-electron chi connectivity index (χ4n) is 0.770.